The minimum absolute atomic E-state index is 0.503. The summed E-state index contributed by atoms with van der Waals surface area (Å²) >= 11 is 0. The number of ether oxygens (including phenoxy) is 1. The van der Waals surface area contributed by atoms with Crippen LogP contribution in [0.15, 0.2) is 5.10 Å². The number of rotatable bonds is 1. The fourth-order valence-electron chi connectivity index (χ4n) is 1.01. The lowest BCUT2D eigenvalue weighted by atomic mass is 9.85. The molecule has 0 spiro atoms. The Kier molecular flexibility index (Phi) is 2.46. The number of hydrazone groups is 1. The largest absolute Gasteiger partial charge is 0.452 e. The summed E-state index contributed by atoms with van der Waals surface area (Å²) in [6.45, 7) is 2.15. The highest BCUT2D eigenvalue weighted by molar-refractivity contribution is 5.90. The summed E-state index contributed by atoms with van der Waals surface area (Å²) in [6, 6.07) is 0. The van der Waals surface area contributed by atoms with E-state index in [1.165, 1.54) is 7.11 Å². The first-order chi connectivity index (χ1) is 5.22. The van der Waals surface area contributed by atoms with Crippen LogP contribution in [0.1, 0.15) is 19.8 Å². The standard InChI is InChI=1S/C7H12N2O2/c1-5-3-6(4-5)8-9-7(10)11-2/h5H,3-4H2,1-2H3,(H,9,10). The van der Waals surface area contributed by atoms with Crippen LogP contribution < -0.4 is 5.43 Å². The van der Waals surface area contributed by atoms with Gasteiger partial charge in [0.15, 0.2) is 0 Å². The van der Waals surface area contributed by atoms with Crippen molar-refractivity contribution in [2.45, 2.75) is 19.8 Å². The Morgan fingerprint density at radius 1 is 1.73 bits per heavy atom. The number of carbonyl (C=O) groups excluding carboxylic acids is 1. The molecule has 0 aromatic rings. The van der Waals surface area contributed by atoms with Crippen molar-refractivity contribution in [1.82, 2.24) is 5.43 Å². The van der Waals surface area contributed by atoms with E-state index in [-0.39, 0.29) is 0 Å². The third kappa shape index (κ3) is 2.22. The Morgan fingerprint density at radius 3 is 2.82 bits per heavy atom. The van der Waals surface area contributed by atoms with E-state index in [2.05, 4.69) is 22.2 Å². The van der Waals surface area contributed by atoms with Gasteiger partial charge in [-0.05, 0) is 18.8 Å². The molecule has 0 unspecified atom stereocenters. The molecule has 1 N–H and O–H groups in total. The fraction of sp³-hybridized carbons (Fsp3) is 0.714. The van der Waals surface area contributed by atoms with E-state index < -0.39 is 6.09 Å². The van der Waals surface area contributed by atoms with Gasteiger partial charge in [-0.25, -0.2) is 10.2 Å². The first-order valence-corrected chi connectivity index (χ1v) is 3.61. The van der Waals surface area contributed by atoms with E-state index in [0.29, 0.717) is 5.92 Å². The maximum Gasteiger partial charge on any atom is 0.427 e. The highest BCUT2D eigenvalue weighted by Crippen LogP contribution is 2.22. The van der Waals surface area contributed by atoms with Crippen LogP contribution in [-0.2, 0) is 4.74 Å². The van der Waals surface area contributed by atoms with Gasteiger partial charge in [-0.2, -0.15) is 5.10 Å². The predicted molar refractivity (Wildman–Crippen MR) is 41.4 cm³/mol. The van der Waals surface area contributed by atoms with Crippen molar-refractivity contribution in [1.29, 1.82) is 0 Å². The third-order valence-corrected chi connectivity index (χ3v) is 1.66. The Balaban J connectivity index is 2.21. The quantitative estimate of drug-likeness (QED) is 0.578. The van der Waals surface area contributed by atoms with Gasteiger partial charge >= 0.3 is 6.09 Å². The van der Waals surface area contributed by atoms with Crippen molar-refractivity contribution >= 4 is 11.8 Å². The van der Waals surface area contributed by atoms with Gasteiger partial charge in [0.25, 0.3) is 0 Å². The van der Waals surface area contributed by atoms with E-state index in [9.17, 15) is 4.79 Å². The van der Waals surface area contributed by atoms with E-state index in [1.54, 1.807) is 0 Å². The van der Waals surface area contributed by atoms with Crippen LogP contribution in [0.2, 0.25) is 0 Å². The van der Waals surface area contributed by atoms with Crippen LogP contribution in [0.3, 0.4) is 0 Å². The normalized spacial score (nSPS) is 22.0. The zero-order valence-corrected chi connectivity index (χ0v) is 6.76. The molecule has 0 aromatic heterocycles. The monoisotopic (exact) mass is 156 g/mol. The van der Waals surface area contributed by atoms with Crippen molar-refractivity contribution in [3.8, 4) is 0 Å². The number of hydrogen-bond acceptors (Lipinski definition) is 3. The van der Waals surface area contributed by atoms with Crippen molar-refractivity contribution in [2.24, 2.45) is 11.0 Å². The number of carbonyl (C=O) groups is 1. The molecule has 0 atom stereocenters. The van der Waals surface area contributed by atoms with Crippen LogP contribution in [0.5, 0.6) is 0 Å². The summed E-state index contributed by atoms with van der Waals surface area (Å²) in [6.07, 6.45) is 1.48. The second-order valence-electron chi connectivity index (χ2n) is 2.79. The minimum Gasteiger partial charge on any atom is -0.452 e. The number of nitrogens with one attached hydrogen (secondary N) is 1. The van der Waals surface area contributed by atoms with Gasteiger partial charge < -0.3 is 4.74 Å². The molecule has 1 rings (SSSR count). The molecule has 1 aliphatic rings. The second-order valence-corrected chi connectivity index (χ2v) is 2.79. The van der Waals surface area contributed by atoms with E-state index in [0.717, 1.165) is 18.6 Å². The molecule has 0 bridgehead atoms. The highest BCUT2D eigenvalue weighted by Gasteiger charge is 2.19. The maximum atomic E-state index is 10.5. The summed E-state index contributed by atoms with van der Waals surface area (Å²) in [4.78, 5) is 10.5. The molecular formula is C7H12N2O2. The van der Waals surface area contributed by atoms with Crippen molar-refractivity contribution < 1.29 is 9.53 Å². The first-order valence-electron chi connectivity index (χ1n) is 3.61. The molecule has 4 heteroatoms. The molecule has 4 nitrogen and oxygen atoms in total. The van der Waals surface area contributed by atoms with Gasteiger partial charge in [-0.1, -0.05) is 6.92 Å². The lowest BCUT2D eigenvalue weighted by Gasteiger charge is -2.22. The zero-order valence-electron chi connectivity index (χ0n) is 6.76. The molecule has 62 valence electrons. The zero-order chi connectivity index (χ0) is 8.27. The minimum atomic E-state index is -0.503. The summed E-state index contributed by atoms with van der Waals surface area (Å²) in [5.41, 5.74) is 3.33. The van der Waals surface area contributed by atoms with Gasteiger partial charge in [0.2, 0.25) is 0 Å². The van der Waals surface area contributed by atoms with Gasteiger partial charge in [-0.15, -0.1) is 0 Å². The van der Waals surface area contributed by atoms with Gasteiger partial charge in [0, 0.05) is 5.71 Å². The van der Waals surface area contributed by atoms with Crippen LogP contribution >= 0.6 is 0 Å². The average molecular weight is 156 g/mol. The maximum absolute atomic E-state index is 10.5. The molecule has 0 saturated heterocycles. The second kappa shape index (κ2) is 3.37. The van der Waals surface area contributed by atoms with E-state index in [1.807, 2.05) is 0 Å². The number of hydrogen-bond donors (Lipinski definition) is 1. The van der Waals surface area contributed by atoms with E-state index >= 15 is 0 Å². The molecule has 0 aromatic carbocycles. The van der Waals surface area contributed by atoms with E-state index in [4.69, 9.17) is 0 Å². The van der Waals surface area contributed by atoms with Crippen molar-refractivity contribution in [2.75, 3.05) is 7.11 Å². The van der Waals surface area contributed by atoms with Crippen molar-refractivity contribution in [3.63, 3.8) is 0 Å². The highest BCUT2D eigenvalue weighted by atomic mass is 16.5. The molecule has 0 radical (unpaired) electrons. The van der Waals surface area contributed by atoms with Crippen LogP contribution in [0, 0.1) is 5.92 Å². The third-order valence-electron chi connectivity index (χ3n) is 1.66. The van der Waals surface area contributed by atoms with Gasteiger partial charge in [0.05, 0.1) is 7.11 Å². The van der Waals surface area contributed by atoms with Crippen LogP contribution in [-0.4, -0.2) is 18.9 Å². The topological polar surface area (TPSA) is 50.7 Å². The molecule has 1 fully saturated rings. The Bertz CT molecular complexity index is 181. The SMILES string of the molecule is COC(=O)NN=C1CC(C)C1. The smallest absolute Gasteiger partial charge is 0.427 e. The summed E-state index contributed by atoms with van der Waals surface area (Å²) in [5, 5.41) is 3.84. The number of methoxy groups -OCH3 is 1. The molecular weight excluding hydrogens is 144 g/mol. The molecule has 1 saturated carbocycles. The molecule has 11 heavy (non-hydrogen) atoms. The van der Waals surface area contributed by atoms with Crippen LogP contribution in [0.4, 0.5) is 4.79 Å². The van der Waals surface area contributed by atoms with Crippen LogP contribution in [0.25, 0.3) is 0 Å². The Hall–Kier alpha value is -1.06. The summed E-state index contributed by atoms with van der Waals surface area (Å²) < 4.78 is 4.34. The fourth-order valence-corrected chi connectivity index (χ4v) is 1.01. The first kappa shape index (κ1) is 8.04. The number of nitrogens with zero attached hydrogens (tertiary/aromatic N) is 1. The molecule has 0 aliphatic heterocycles. The van der Waals surface area contributed by atoms with Gasteiger partial charge in [-0.3, -0.25) is 0 Å². The average Bonchev–Trinajstić information content (AvgIpc) is 1.95. The Morgan fingerprint density at radius 2 is 2.36 bits per heavy atom. The Labute approximate surface area is 65.6 Å². The lowest BCUT2D eigenvalue weighted by Crippen LogP contribution is -2.26. The summed E-state index contributed by atoms with van der Waals surface area (Å²) in [7, 11) is 1.32. The molecule has 1 amide bonds. The van der Waals surface area contributed by atoms with Crippen molar-refractivity contribution in [3.05, 3.63) is 0 Å². The summed E-state index contributed by atoms with van der Waals surface area (Å²) in [5.74, 6) is 0.716. The number of amides is 1. The predicted octanol–water partition coefficient (Wildman–Crippen LogP) is 1.13. The van der Waals surface area contributed by atoms with Gasteiger partial charge in [0.1, 0.15) is 0 Å². The molecule has 1 aliphatic carbocycles. The molecule has 0 heterocycles. The lowest BCUT2D eigenvalue weighted by molar-refractivity contribution is 0.171.